The molecule has 0 spiro atoms. The van der Waals surface area contributed by atoms with Crippen molar-refractivity contribution in [3.8, 4) is 17.1 Å². The topological polar surface area (TPSA) is 106 Å². The number of aliphatic carboxylic acids is 1. The van der Waals surface area contributed by atoms with Crippen molar-refractivity contribution in [3.63, 3.8) is 0 Å². The molecule has 0 amide bonds. The standard InChI is InChI=1S/C29H38N2O6S/c1-5-36-26-8-6-7-24(30-26)23-10-9-21(15-19(23)2)20-11-13-31(14-12-20)38(34,35)29(27(32)33)17-22-16-28(3,4)37-25(22)18-29/h6-10,15,20,22,25H,5,11-14,16-18H2,1-4H3,(H,32,33). The van der Waals surface area contributed by atoms with Crippen LogP contribution in [-0.4, -0.2) is 64.9 Å². The van der Waals surface area contributed by atoms with Crippen LogP contribution in [0.4, 0.5) is 0 Å². The van der Waals surface area contributed by atoms with Gasteiger partial charge in [-0.25, -0.2) is 17.7 Å². The van der Waals surface area contributed by atoms with E-state index in [1.165, 1.54) is 9.87 Å². The fourth-order valence-corrected chi connectivity index (χ4v) is 8.96. The lowest BCUT2D eigenvalue weighted by Gasteiger charge is -2.37. The Hall–Kier alpha value is -2.49. The number of aromatic nitrogens is 1. The molecule has 5 rings (SSSR count). The summed E-state index contributed by atoms with van der Waals surface area (Å²) in [6, 6.07) is 12.1. The summed E-state index contributed by atoms with van der Waals surface area (Å²) < 4.78 is 38.8. The molecule has 3 aliphatic rings. The lowest BCUT2D eigenvalue weighted by atomic mass is 9.88. The molecule has 1 N–H and O–H groups in total. The zero-order valence-electron chi connectivity index (χ0n) is 22.6. The predicted molar refractivity (Wildman–Crippen MR) is 145 cm³/mol. The third kappa shape index (κ3) is 4.73. The van der Waals surface area contributed by atoms with E-state index in [0.29, 0.717) is 44.8 Å². The number of carboxylic acids is 1. The fourth-order valence-electron chi connectivity index (χ4n) is 6.75. The summed E-state index contributed by atoms with van der Waals surface area (Å²) in [6.07, 6.45) is 1.82. The number of benzene rings is 1. The third-order valence-electron chi connectivity index (χ3n) is 8.56. The summed E-state index contributed by atoms with van der Waals surface area (Å²) in [5.74, 6) is -0.477. The van der Waals surface area contributed by atoms with E-state index in [0.717, 1.165) is 16.8 Å². The maximum atomic E-state index is 13.8. The Morgan fingerprint density at radius 2 is 1.89 bits per heavy atom. The first-order chi connectivity index (χ1) is 18.0. The van der Waals surface area contributed by atoms with Gasteiger partial charge in [0.15, 0.2) is 4.75 Å². The molecule has 3 unspecified atom stereocenters. The minimum atomic E-state index is -4.03. The number of fused-ring (bicyclic) bond motifs is 1. The van der Waals surface area contributed by atoms with Gasteiger partial charge in [-0.2, -0.15) is 0 Å². The largest absolute Gasteiger partial charge is 0.480 e. The third-order valence-corrected chi connectivity index (χ3v) is 11.1. The van der Waals surface area contributed by atoms with Crippen LogP contribution in [0.2, 0.25) is 0 Å². The molecule has 2 aliphatic heterocycles. The monoisotopic (exact) mass is 542 g/mol. The number of piperidine rings is 1. The predicted octanol–water partition coefficient (Wildman–Crippen LogP) is 4.77. The Morgan fingerprint density at radius 3 is 2.53 bits per heavy atom. The van der Waals surface area contributed by atoms with Gasteiger partial charge in [0.1, 0.15) is 0 Å². The molecule has 0 radical (unpaired) electrons. The van der Waals surface area contributed by atoms with Crippen LogP contribution < -0.4 is 4.74 Å². The molecular formula is C29H38N2O6S. The van der Waals surface area contributed by atoms with Gasteiger partial charge in [-0.15, -0.1) is 0 Å². The zero-order valence-corrected chi connectivity index (χ0v) is 23.5. The second-order valence-electron chi connectivity index (χ2n) is 11.6. The van der Waals surface area contributed by atoms with Crippen LogP contribution in [0.5, 0.6) is 5.88 Å². The normalized spacial score (nSPS) is 27.8. The molecule has 8 nitrogen and oxygen atoms in total. The summed E-state index contributed by atoms with van der Waals surface area (Å²) in [5.41, 5.74) is 3.83. The maximum absolute atomic E-state index is 13.8. The van der Waals surface area contributed by atoms with E-state index in [1.807, 2.05) is 39.0 Å². The van der Waals surface area contributed by atoms with Crippen LogP contribution in [0.15, 0.2) is 36.4 Å². The van der Waals surface area contributed by atoms with Crippen LogP contribution in [0.1, 0.15) is 69.9 Å². The Labute approximate surface area is 225 Å². The maximum Gasteiger partial charge on any atom is 0.326 e. The van der Waals surface area contributed by atoms with Gasteiger partial charge in [0, 0.05) is 31.1 Å². The molecular weight excluding hydrogens is 504 g/mol. The molecule has 0 bridgehead atoms. The molecule has 206 valence electrons. The summed E-state index contributed by atoms with van der Waals surface area (Å²) in [5, 5.41) is 10.2. The van der Waals surface area contributed by atoms with Gasteiger partial charge in [-0.05, 0) is 82.4 Å². The second-order valence-corrected chi connectivity index (χ2v) is 13.9. The number of hydrogen-bond acceptors (Lipinski definition) is 6. The first-order valence-electron chi connectivity index (χ1n) is 13.6. The van der Waals surface area contributed by atoms with Crippen molar-refractivity contribution in [2.75, 3.05) is 19.7 Å². The molecule has 3 heterocycles. The van der Waals surface area contributed by atoms with Gasteiger partial charge in [-0.1, -0.05) is 24.3 Å². The van der Waals surface area contributed by atoms with Crippen LogP contribution in [0.25, 0.3) is 11.3 Å². The highest BCUT2D eigenvalue weighted by molar-refractivity contribution is 7.91. The SMILES string of the molecule is CCOc1cccc(-c2ccc(C3CCN(S(=O)(=O)C4(C(=O)O)CC5CC(C)(C)OC5C4)CC3)cc2C)n1. The highest BCUT2D eigenvalue weighted by Gasteiger charge is 2.64. The number of sulfonamides is 1. The van der Waals surface area contributed by atoms with Gasteiger partial charge < -0.3 is 14.6 Å². The highest BCUT2D eigenvalue weighted by Crippen LogP contribution is 2.52. The van der Waals surface area contributed by atoms with E-state index >= 15 is 0 Å². The Kier molecular flexibility index (Phi) is 7.07. The van der Waals surface area contributed by atoms with Crippen LogP contribution >= 0.6 is 0 Å². The van der Waals surface area contributed by atoms with Crippen molar-refractivity contribution >= 4 is 16.0 Å². The number of ether oxygens (including phenoxy) is 2. The number of pyridine rings is 1. The summed E-state index contributed by atoms with van der Waals surface area (Å²) in [4.78, 5) is 17.1. The van der Waals surface area contributed by atoms with Gasteiger partial charge in [0.2, 0.25) is 15.9 Å². The average molecular weight is 543 g/mol. The van der Waals surface area contributed by atoms with E-state index in [1.54, 1.807) is 0 Å². The minimum Gasteiger partial charge on any atom is -0.480 e. The Balaban J connectivity index is 1.29. The summed E-state index contributed by atoms with van der Waals surface area (Å²) >= 11 is 0. The van der Waals surface area contributed by atoms with Crippen molar-refractivity contribution in [1.29, 1.82) is 0 Å². The fraction of sp³-hybridized carbons (Fsp3) is 0.586. The highest BCUT2D eigenvalue weighted by atomic mass is 32.2. The number of aryl methyl sites for hydroxylation is 1. The smallest absolute Gasteiger partial charge is 0.326 e. The van der Waals surface area contributed by atoms with Crippen molar-refractivity contribution < 1.29 is 27.8 Å². The molecule has 2 saturated heterocycles. The van der Waals surface area contributed by atoms with E-state index < -0.39 is 20.7 Å². The van der Waals surface area contributed by atoms with Gasteiger partial charge in [0.25, 0.3) is 0 Å². The first kappa shape index (κ1) is 27.1. The van der Waals surface area contributed by atoms with Crippen LogP contribution in [0.3, 0.4) is 0 Å². The van der Waals surface area contributed by atoms with Crippen LogP contribution in [0, 0.1) is 12.8 Å². The van der Waals surface area contributed by atoms with Gasteiger partial charge in [-0.3, -0.25) is 4.79 Å². The molecule has 38 heavy (non-hydrogen) atoms. The Morgan fingerprint density at radius 1 is 1.16 bits per heavy atom. The van der Waals surface area contributed by atoms with Crippen LogP contribution in [-0.2, 0) is 19.6 Å². The van der Waals surface area contributed by atoms with Crippen molar-refractivity contribution in [1.82, 2.24) is 9.29 Å². The van der Waals surface area contributed by atoms with E-state index in [4.69, 9.17) is 9.47 Å². The van der Waals surface area contributed by atoms with Gasteiger partial charge >= 0.3 is 5.97 Å². The zero-order chi connectivity index (χ0) is 27.3. The first-order valence-corrected chi connectivity index (χ1v) is 15.0. The minimum absolute atomic E-state index is 0.0257. The van der Waals surface area contributed by atoms with Crippen molar-refractivity contribution in [2.45, 2.75) is 82.2 Å². The van der Waals surface area contributed by atoms with E-state index in [9.17, 15) is 18.3 Å². The van der Waals surface area contributed by atoms with Crippen molar-refractivity contribution in [2.24, 2.45) is 5.92 Å². The number of nitrogens with zero attached hydrogens (tertiary/aromatic N) is 2. The molecule has 1 aromatic heterocycles. The molecule has 9 heteroatoms. The lowest BCUT2D eigenvalue weighted by molar-refractivity contribution is -0.141. The molecule has 1 aliphatic carbocycles. The lowest BCUT2D eigenvalue weighted by Crippen LogP contribution is -2.54. The molecule has 1 aromatic carbocycles. The molecule has 3 fully saturated rings. The van der Waals surface area contributed by atoms with Gasteiger partial charge in [0.05, 0.1) is 24.0 Å². The van der Waals surface area contributed by atoms with E-state index in [-0.39, 0.29) is 36.4 Å². The Bertz CT molecular complexity index is 1300. The quantitative estimate of drug-likeness (QED) is 0.537. The molecule has 3 atom stereocenters. The average Bonchev–Trinajstić information content (AvgIpc) is 3.36. The molecule has 1 saturated carbocycles. The second kappa shape index (κ2) is 9.92. The number of hydrogen-bond donors (Lipinski definition) is 1. The number of carbonyl (C=O) groups is 1. The summed E-state index contributed by atoms with van der Waals surface area (Å²) in [7, 11) is -4.03. The summed E-state index contributed by atoms with van der Waals surface area (Å²) in [6.45, 7) is 9.16. The van der Waals surface area contributed by atoms with E-state index in [2.05, 4.69) is 30.1 Å². The number of rotatable bonds is 7. The molecule has 2 aromatic rings. The number of carboxylic acid groups (broad SMARTS) is 1. The van der Waals surface area contributed by atoms with Crippen molar-refractivity contribution in [3.05, 3.63) is 47.5 Å².